The molecule has 0 spiro atoms. The third-order valence-electron chi connectivity index (χ3n) is 2.13. The van der Waals surface area contributed by atoms with E-state index < -0.39 is 0 Å². The van der Waals surface area contributed by atoms with Crippen molar-refractivity contribution in [3.05, 3.63) is 53.6 Å². The Morgan fingerprint density at radius 1 is 1.12 bits per heavy atom. The van der Waals surface area contributed by atoms with Crippen LogP contribution in [0.15, 0.2) is 42.5 Å². The zero-order valence-electron chi connectivity index (χ0n) is 9.44. The molecule has 2 aromatic carbocycles. The normalized spacial score (nSPS) is 10.0. The van der Waals surface area contributed by atoms with Gasteiger partial charge in [0.25, 0.3) is 0 Å². The van der Waals surface area contributed by atoms with E-state index in [1.165, 1.54) is 0 Å². The number of rotatable bonds is 4. The van der Waals surface area contributed by atoms with Crippen molar-refractivity contribution in [2.24, 2.45) is 0 Å². The Morgan fingerprint density at radius 2 is 1.88 bits per heavy atom. The molecule has 0 unspecified atom stereocenters. The maximum Gasteiger partial charge on any atom is 0.138 e. The second-order valence-corrected chi connectivity index (χ2v) is 3.77. The Hall–Kier alpha value is -1.67. The first kappa shape index (κ1) is 11.8. The number of ether oxygens (including phenoxy) is 2. The predicted molar refractivity (Wildman–Crippen MR) is 68.0 cm³/mol. The molecule has 87 valence electrons. The average Bonchev–Trinajstić information content (AvgIpc) is 2.34. The van der Waals surface area contributed by atoms with Crippen molar-refractivity contribution in [3.63, 3.8) is 0 Å². The molecule has 0 amide bonds. The molecule has 0 atom stereocenters. The fourth-order valence-corrected chi connectivity index (χ4v) is 1.62. The van der Waals surface area contributed by atoms with Crippen molar-refractivity contribution in [2.45, 2.75) is 6.92 Å². The molecular formula is C14H12ClO2. The van der Waals surface area contributed by atoms with Gasteiger partial charge in [0, 0.05) is 6.07 Å². The first-order valence-electron chi connectivity index (χ1n) is 5.36. The summed E-state index contributed by atoms with van der Waals surface area (Å²) in [4.78, 5) is 0. The van der Waals surface area contributed by atoms with Gasteiger partial charge in [-0.15, -0.1) is 0 Å². The molecular weight excluding hydrogens is 236 g/mol. The van der Waals surface area contributed by atoms with Gasteiger partial charge in [0.1, 0.15) is 17.2 Å². The topological polar surface area (TPSA) is 18.5 Å². The van der Waals surface area contributed by atoms with Crippen molar-refractivity contribution in [3.8, 4) is 17.2 Å². The van der Waals surface area contributed by atoms with Gasteiger partial charge < -0.3 is 9.47 Å². The highest BCUT2D eigenvalue weighted by molar-refractivity contribution is 6.32. The summed E-state index contributed by atoms with van der Waals surface area (Å²) in [6.07, 6.45) is 0. The van der Waals surface area contributed by atoms with Crippen LogP contribution in [-0.4, -0.2) is 6.61 Å². The predicted octanol–water partition coefficient (Wildman–Crippen LogP) is 4.33. The zero-order valence-corrected chi connectivity index (χ0v) is 10.2. The minimum Gasteiger partial charge on any atom is -0.492 e. The van der Waals surface area contributed by atoms with Gasteiger partial charge in [-0.2, -0.15) is 0 Å². The van der Waals surface area contributed by atoms with Crippen LogP contribution in [0.1, 0.15) is 6.92 Å². The van der Waals surface area contributed by atoms with E-state index in [-0.39, 0.29) is 0 Å². The number of halogens is 1. The Balaban J connectivity index is 2.15. The molecule has 0 fully saturated rings. The van der Waals surface area contributed by atoms with Crippen LogP contribution in [0.2, 0.25) is 5.02 Å². The molecule has 17 heavy (non-hydrogen) atoms. The molecule has 0 aliphatic rings. The lowest BCUT2D eigenvalue weighted by atomic mass is 10.3. The van der Waals surface area contributed by atoms with Crippen LogP contribution in [-0.2, 0) is 0 Å². The Kier molecular flexibility index (Phi) is 3.89. The minimum absolute atomic E-state index is 0.548. The molecule has 0 aliphatic heterocycles. The SMILES string of the molecule is CCOc1ccc(Oc2cc[c]cc2)cc1Cl. The fraction of sp³-hybridized carbons (Fsp3) is 0.143. The second-order valence-electron chi connectivity index (χ2n) is 3.36. The average molecular weight is 248 g/mol. The molecule has 0 aromatic heterocycles. The van der Waals surface area contributed by atoms with E-state index in [0.29, 0.717) is 23.1 Å². The van der Waals surface area contributed by atoms with Crippen LogP contribution in [0.25, 0.3) is 0 Å². The van der Waals surface area contributed by atoms with Crippen LogP contribution >= 0.6 is 11.6 Å². The highest BCUT2D eigenvalue weighted by Gasteiger charge is 2.03. The van der Waals surface area contributed by atoms with Crippen LogP contribution in [0.3, 0.4) is 0 Å². The molecule has 2 nitrogen and oxygen atoms in total. The van der Waals surface area contributed by atoms with Gasteiger partial charge >= 0.3 is 0 Å². The van der Waals surface area contributed by atoms with Crippen molar-refractivity contribution in [2.75, 3.05) is 6.61 Å². The summed E-state index contributed by atoms with van der Waals surface area (Å²) < 4.78 is 11.0. The summed E-state index contributed by atoms with van der Waals surface area (Å²) in [5.74, 6) is 2.11. The number of hydrogen-bond donors (Lipinski definition) is 0. The van der Waals surface area contributed by atoms with Crippen molar-refractivity contribution < 1.29 is 9.47 Å². The standard InChI is InChI=1S/C14H12ClO2/c1-2-16-14-9-8-12(10-13(14)15)17-11-6-4-3-5-7-11/h4-10H,2H2,1H3. The zero-order chi connectivity index (χ0) is 12.1. The van der Waals surface area contributed by atoms with Crippen LogP contribution in [0, 0.1) is 6.07 Å². The molecule has 0 aliphatic carbocycles. The van der Waals surface area contributed by atoms with E-state index in [9.17, 15) is 0 Å². The Labute approximate surface area is 106 Å². The summed E-state index contributed by atoms with van der Waals surface area (Å²) in [7, 11) is 0. The summed E-state index contributed by atoms with van der Waals surface area (Å²) in [5.41, 5.74) is 0. The monoisotopic (exact) mass is 247 g/mol. The van der Waals surface area contributed by atoms with Crippen molar-refractivity contribution in [1.29, 1.82) is 0 Å². The molecule has 2 aromatic rings. The number of hydrogen-bond acceptors (Lipinski definition) is 2. The largest absolute Gasteiger partial charge is 0.492 e. The lowest BCUT2D eigenvalue weighted by Gasteiger charge is -2.09. The molecule has 1 radical (unpaired) electrons. The first-order chi connectivity index (χ1) is 8.29. The fourth-order valence-electron chi connectivity index (χ4n) is 1.39. The van der Waals surface area contributed by atoms with E-state index in [1.54, 1.807) is 24.3 Å². The van der Waals surface area contributed by atoms with E-state index in [4.69, 9.17) is 21.1 Å². The summed E-state index contributed by atoms with van der Waals surface area (Å²) in [5, 5.41) is 0.548. The van der Waals surface area contributed by atoms with Gasteiger partial charge in [0.05, 0.1) is 11.6 Å². The first-order valence-corrected chi connectivity index (χ1v) is 5.73. The number of benzene rings is 2. The van der Waals surface area contributed by atoms with Gasteiger partial charge in [-0.1, -0.05) is 23.7 Å². The highest BCUT2D eigenvalue weighted by atomic mass is 35.5. The quantitative estimate of drug-likeness (QED) is 0.801. The van der Waals surface area contributed by atoms with Gasteiger partial charge in [-0.05, 0) is 37.3 Å². The van der Waals surface area contributed by atoms with Crippen LogP contribution in [0.4, 0.5) is 0 Å². The molecule has 0 heterocycles. The van der Waals surface area contributed by atoms with Gasteiger partial charge in [0.2, 0.25) is 0 Å². The lowest BCUT2D eigenvalue weighted by Crippen LogP contribution is -1.92. The van der Waals surface area contributed by atoms with E-state index >= 15 is 0 Å². The Morgan fingerprint density at radius 3 is 2.53 bits per heavy atom. The second kappa shape index (κ2) is 5.60. The van der Waals surface area contributed by atoms with Gasteiger partial charge in [-0.3, -0.25) is 0 Å². The summed E-state index contributed by atoms with van der Waals surface area (Å²) in [6.45, 7) is 2.51. The molecule has 3 heteroatoms. The Bertz CT molecular complexity index is 483. The molecule has 0 saturated heterocycles. The molecule has 0 bridgehead atoms. The third kappa shape index (κ3) is 3.14. The van der Waals surface area contributed by atoms with Crippen molar-refractivity contribution in [1.82, 2.24) is 0 Å². The summed E-state index contributed by atoms with van der Waals surface area (Å²) >= 11 is 6.06. The maximum atomic E-state index is 6.06. The van der Waals surface area contributed by atoms with Gasteiger partial charge in [0.15, 0.2) is 0 Å². The van der Waals surface area contributed by atoms with E-state index in [0.717, 1.165) is 5.75 Å². The van der Waals surface area contributed by atoms with Gasteiger partial charge in [-0.25, -0.2) is 0 Å². The van der Waals surface area contributed by atoms with Crippen LogP contribution in [0.5, 0.6) is 17.2 Å². The lowest BCUT2D eigenvalue weighted by molar-refractivity contribution is 0.340. The highest BCUT2D eigenvalue weighted by Crippen LogP contribution is 2.31. The van der Waals surface area contributed by atoms with E-state index in [2.05, 4.69) is 6.07 Å². The third-order valence-corrected chi connectivity index (χ3v) is 2.42. The minimum atomic E-state index is 0.548. The van der Waals surface area contributed by atoms with Crippen molar-refractivity contribution >= 4 is 11.6 Å². The summed E-state index contributed by atoms with van der Waals surface area (Å²) in [6, 6.07) is 15.6. The molecule has 0 N–H and O–H groups in total. The molecule has 0 saturated carbocycles. The smallest absolute Gasteiger partial charge is 0.138 e. The van der Waals surface area contributed by atoms with Crippen LogP contribution < -0.4 is 9.47 Å². The maximum absolute atomic E-state index is 6.06. The molecule has 2 rings (SSSR count). The van der Waals surface area contributed by atoms with E-state index in [1.807, 2.05) is 25.1 Å².